The monoisotopic (exact) mass is 318 g/mol. The van der Waals surface area contributed by atoms with Crippen molar-refractivity contribution >= 4 is 39.1 Å². The van der Waals surface area contributed by atoms with Crippen LogP contribution in [0.1, 0.15) is 29.7 Å². The first-order valence-corrected chi connectivity index (χ1v) is 7.44. The van der Waals surface area contributed by atoms with Gasteiger partial charge in [-0.3, -0.25) is 0 Å². The van der Waals surface area contributed by atoms with Crippen LogP contribution in [0.3, 0.4) is 0 Å². The standard InChI is InChI=1S/C13H13BrCl2/c14-13(12-8-2-1-3-9(8)12)10-6-7(15)4-5-11(10)16/h4-6,8-9,12-13H,1-3H2. The third kappa shape index (κ3) is 1.81. The van der Waals surface area contributed by atoms with Crippen molar-refractivity contribution in [1.29, 1.82) is 0 Å². The maximum Gasteiger partial charge on any atom is 0.0450 e. The zero-order valence-electron chi connectivity index (χ0n) is 8.80. The molecule has 3 atom stereocenters. The second kappa shape index (κ2) is 4.19. The fourth-order valence-electron chi connectivity index (χ4n) is 3.24. The highest BCUT2D eigenvalue weighted by Gasteiger charge is 2.55. The van der Waals surface area contributed by atoms with Crippen LogP contribution in [-0.4, -0.2) is 0 Å². The Morgan fingerprint density at radius 1 is 1.19 bits per heavy atom. The van der Waals surface area contributed by atoms with Gasteiger partial charge in [-0.25, -0.2) is 0 Å². The van der Waals surface area contributed by atoms with E-state index in [-0.39, 0.29) is 0 Å². The highest BCUT2D eigenvalue weighted by atomic mass is 79.9. The summed E-state index contributed by atoms with van der Waals surface area (Å²) < 4.78 is 0. The van der Waals surface area contributed by atoms with Gasteiger partial charge < -0.3 is 0 Å². The van der Waals surface area contributed by atoms with Crippen LogP contribution in [-0.2, 0) is 0 Å². The lowest BCUT2D eigenvalue weighted by molar-refractivity contribution is 0.583. The Labute approximate surface area is 114 Å². The van der Waals surface area contributed by atoms with Gasteiger partial charge in [0, 0.05) is 14.9 Å². The number of fused-ring (bicyclic) bond motifs is 1. The molecule has 86 valence electrons. The lowest BCUT2D eigenvalue weighted by atomic mass is 10.0. The summed E-state index contributed by atoms with van der Waals surface area (Å²) in [5.41, 5.74) is 1.16. The van der Waals surface area contributed by atoms with Gasteiger partial charge in [0.25, 0.3) is 0 Å². The molecule has 0 bridgehead atoms. The predicted molar refractivity (Wildman–Crippen MR) is 72.5 cm³/mol. The third-order valence-corrected chi connectivity index (χ3v) is 5.75. The molecule has 0 amide bonds. The summed E-state index contributed by atoms with van der Waals surface area (Å²) in [5, 5.41) is 1.60. The Hall–Kier alpha value is 0.280. The second-order valence-electron chi connectivity index (χ2n) is 4.90. The van der Waals surface area contributed by atoms with Gasteiger partial charge in [0.1, 0.15) is 0 Å². The van der Waals surface area contributed by atoms with Gasteiger partial charge in [-0.05, 0) is 54.4 Å². The van der Waals surface area contributed by atoms with Crippen LogP contribution < -0.4 is 0 Å². The maximum atomic E-state index is 6.23. The first-order chi connectivity index (χ1) is 7.68. The molecule has 1 aromatic carbocycles. The van der Waals surface area contributed by atoms with E-state index in [4.69, 9.17) is 23.2 Å². The molecular weight excluding hydrogens is 307 g/mol. The van der Waals surface area contributed by atoms with Crippen molar-refractivity contribution in [2.75, 3.05) is 0 Å². The molecule has 0 aliphatic heterocycles. The summed E-state index contributed by atoms with van der Waals surface area (Å²) in [5.74, 6) is 2.64. The number of benzene rings is 1. The number of hydrogen-bond donors (Lipinski definition) is 0. The predicted octanol–water partition coefficient (Wildman–Crippen LogP) is 5.48. The third-order valence-electron chi connectivity index (χ3n) is 4.07. The van der Waals surface area contributed by atoms with Crippen molar-refractivity contribution in [3.63, 3.8) is 0 Å². The SMILES string of the molecule is Clc1ccc(Cl)c(C(Br)C2C3CCCC32)c1. The number of hydrogen-bond acceptors (Lipinski definition) is 0. The Kier molecular flexibility index (Phi) is 2.98. The summed E-state index contributed by atoms with van der Waals surface area (Å²) in [6.07, 6.45) is 4.21. The first-order valence-electron chi connectivity index (χ1n) is 5.77. The fourth-order valence-corrected chi connectivity index (χ4v) is 4.95. The topological polar surface area (TPSA) is 0 Å². The minimum absolute atomic E-state index is 0.383. The molecular formula is C13H13BrCl2. The highest BCUT2D eigenvalue weighted by molar-refractivity contribution is 9.09. The average Bonchev–Trinajstić information content (AvgIpc) is 2.74. The van der Waals surface area contributed by atoms with Gasteiger partial charge in [0.2, 0.25) is 0 Å². The quantitative estimate of drug-likeness (QED) is 0.633. The highest BCUT2D eigenvalue weighted by Crippen LogP contribution is 2.64. The lowest BCUT2D eigenvalue weighted by Crippen LogP contribution is -1.99. The van der Waals surface area contributed by atoms with Crippen molar-refractivity contribution in [3.8, 4) is 0 Å². The van der Waals surface area contributed by atoms with Crippen LogP contribution in [0, 0.1) is 17.8 Å². The van der Waals surface area contributed by atoms with E-state index in [0.717, 1.165) is 33.4 Å². The molecule has 3 unspecified atom stereocenters. The Balaban J connectivity index is 1.84. The zero-order chi connectivity index (χ0) is 11.3. The van der Waals surface area contributed by atoms with E-state index in [1.54, 1.807) is 0 Å². The molecule has 2 saturated carbocycles. The molecule has 0 N–H and O–H groups in total. The minimum Gasteiger partial charge on any atom is -0.0843 e. The summed E-state index contributed by atoms with van der Waals surface area (Å²) in [6, 6.07) is 5.74. The molecule has 0 aromatic heterocycles. The van der Waals surface area contributed by atoms with E-state index in [1.165, 1.54) is 19.3 Å². The van der Waals surface area contributed by atoms with Crippen molar-refractivity contribution in [3.05, 3.63) is 33.8 Å². The van der Waals surface area contributed by atoms with Gasteiger partial charge in [0.05, 0.1) is 0 Å². The number of rotatable bonds is 2. The molecule has 0 nitrogen and oxygen atoms in total. The van der Waals surface area contributed by atoms with Crippen molar-refractivity contribution in [2.45, 2.75) is 24.1 Å². The van der Waals surface area contributed by atoms with E-state index < -0.39 is 0 Å². The van der Waals surface area contributed by atoms with Crippen molar-refractivity contribution in [2.24, 2.45) is 17.8 Å². The maximum absolute atomic E-state index is 6.23. The number of alkyl halides is 1. The van der Waals surface area contributed by atoms with Crippen LogP contribution in [0.2, 0.25) is 10.0 Å². The lowest BCUT2D eigenvalue weighted by Gasteiger charge is -2.14. The van der Waals surface area contributed by atoms with Crippen molar-refractivity contribution < 1.29 is 0 Å². The van der Waals surface area contributed by atoms with Gasteiger partial charge in [-0.2, -0.15) is 0 Å². The van der Waals surface area contributed by atoms with Gasteiger partial charge in [-0.15, -0.1) is 0 Å². The zero-order valence-corrected chi connectivity index (χ0v) is 11.9. The van der Waals surface area contributed by atoms with Crippen molar-refractivity contribution in [1.82, 2.24) is 0 Å². The smallest absolute Gasteiger partial charge is 0.0450 e. The molecule has 0 heterocycles. The van der Waals surface area contributed by atoms with Gasteiger partial charge in [-0.1, -0.05) is 45.6 Å². The molecule has 2 aliphatic rings. The molecule has 0 radical (unpaired) electrons. The molecule has 16 heavy (non-hydrogen) atoms. The van der Waals surface area contributed by atoms with Crippen LogP contribution in [0.15, 0.2) is 18.2 Å². The van der Waals surface area contributed by atoms with Crippen LogP contribution in [0.5, 0.6) is 0 Å². The fraction of sp³-hybridized carbons (Fsp3) is 0.538. The van der Waals surface area contributed by atoms with Crippen LogP contribution >= 0.6 is 39.1 Å². The Morgan fingerprint density at radius 3 is 2.56 bits per heavy atom. The van der Waals surface area contributed by atoms with E-state index >= 15 is 0 Å². The second-order valence-corrected chi connectivity index (χ2v) is 6.73. The molecule has 3 heteroatoms. The van der Waals surface area contributed by atoms with Gasteiger partial charge in [0.15, 0.2) is 0 Å². The average molecular weight is 320 g/mol. The largest absolute Gasteiger partial charge is 0.0843 e. The van der Waals surface area contributed by atoms with E-state index in [1.807, 2.05) is 18.2 Å². The molecule has 1 aromatic rings. The van der Waals surface area contributed by atoms with E-state index in [9.17, 15) is 0 Å². The van der Waals surface area contributed by atoms with E-state index in [2.05, 4.69) is 15.9 Å². The Morgan fingerprint density at radius 2 is 1.88 bits per heavy atom. The summed E-state index contributed by atoms with van der Waals surface area (Å²) >= 11 is 16.1. The van der Waals surface area contributed by atoms with Gasteiger partial charge >= 0.3 is 0 Å². The molecule has 0 saturated heterocycles. The van der Waals surface area contributed by atoms with E-state index in [0.29, 0.717) is 4.83 Å². The molecule has 3 rings (SSSR count). The van der Waals surface area contributed by atoms with Crippen LogP contribution in [0.4, 0.5) is 0 Å². The summed E-state index contributed by atoms with van der Waals surface area (Å²) in [7, 11) is 0. The normalized spacial score (nSPS) is 33.6. The summed E-state index contributed by atoms with van der Waals surface area (Å²) in [4.78, 5) is 0.383. The minimum atomic E-state index is 0.383. The number of halogens is 3. The Bertz CT molecular complexity index is 408. The van der Waals surface area contributed by atoms with Crippen LogP contribution in [0.25, 0.3) is 0 Å². The summed E-state index contributed by atoms with van der Waals surface area (Å²) in [6.45, 7) is 0. The first kappa shape index (κ1) is 11.4. The molecule has 0 spiro atoms. The molecule has 2 aliphatic carbocycles. The molecule has 2 fully saturated rings.